The molecule has 1 aliphatic rings. The van der Waals surface area contributed by atoms with Gasteiger partial charge in [0.05, 0.1) is 29.5 Å². The maximum absolute atomic E-state index is 12.5. The van der Waals surface area contributed by atoms with Gasteiger partial charge in [-0.25, -0.2) is 9.67 Å². The third-order valence-electron chi connectivity index (χ3n) is 4.26. The minimum absolute atomic E-state index is 0. The number of morpholine rings is 1. The second-order valence-electron chi connectivity index (χ2n) is 6.15. The third kappa shape index (κ3) is 4.69. The van der Waals surface area contributed by atoms with E-state index in [1.807, 2.05) is 24.3 Å². The molecule has 28 heavy (non-hydrogen) atoms. The fourth-order valence-electron chi connectivity index (χ4n) is 2.83. The number of aromatic nitrogens is 3. The van der Waals surface area contributed by atoms with Crippen molar-refractivity contribution in [1.82, 2.24) is 20.1 Å². The highest BCUT2D eigenvalue weighted by molar-refractivity contribution is 6.30. The lowest BCUT2D eigenvalue weighted by molar-refractivity contribution is 0.0277. The first-order chi connectivity index (χ1) is 13.2. The Hall–Kier alpha value is -2.45. The maximum atomic E-state index is 12.5. The summed E-state index contributed by atoms with van der Waals surface area (Å²) in [7, 11) is 0. The Morgan fingerprint density at radius 3 is 2.71 bits per heavy atom. The van der Waals surface area contributed by atoms with E-state index >= 15 is 0 Å². The monoisotopic (exact) mass is 419 g/mol. The fraction of sp³-hybridized carbons (Fsp3) is 0.211. The Balaban J connectivity index is 0.00000225. The molecule has 1 aliphatic heterocycles. The summed E-state index contributed by atoms with van der Waals surface area (Å²) in [5, 5.41) is 10.9. The van der Waals surface area contributed by atoms with Crippen LogP contribution in [0.15, 0.2) is 55.0 Å². The summed E-state index contributed by atoms with van der Waals surface area (Å²) >= 11 is 5.84. The maximum Gasteiger partial charge on any atom is 0.258 e. The molecule has 1 amide bonds. The van der Waals surface area contributed by atoms with Gasteiger partial charge in [-0.05, 0) is 29.8 Å². The van der Waals surface area contributed by atoms with Crippen molar-refractivity contribution in [2.24, 2.45) is 0 Å². The van der Waals surface area contributed by atoms with Crippen molar-refractivity contribution in [2.45, 2.75) is 6.10 Å². The van der Waals surface area contributed by atoms with Gasteiger partial charge < -0.3 is 15.4 Å². The van der Waals surface area contributed by atoms with E-state index in [9.17, 15) is 4.79 Å². The molecular weight excluding hydrogens is 401 g/mol. The largest absolute Gasteiger partial charge is 0.371 e. The molecule has 0 unspecified atom stereocenters. The van der Waals surface area contributed by atoms with Crippen LogP contribution >= 0.6 is 24.0 Å². The Labute approximate surface area is 173 Å². The number of pyridine rings is 1. The molecule has 1 aromatic carbocycles. The zero-order valence-electron chi connectivity index (χ0n) is 14.8. The number of benzene rings is 1. The average molecular weight is 420 g/mol. The number of halogens is 2. The molecular formula is C19H19Cl2N5O2. The number of nitrogens with zero attached hydrogens (tertiary/aromatic N) is 3. The average Bonchev–Trinajstić information content (AvgIpc) is 3.20. The van der Waals surface area contributed by atoms with Gasteiger partial charge in [-0.15, -0.1) is 12.4 Å². The topological polar surface area (TPSA) is 81.1 Å². The van der Waals surface area contributed by atoms with Crippen LogP contribution < -0.4 is 10.6 Å². The van der Waals surface area contributed by atoms with Gasteiger partial charge in [-0.3, -0.25) is 4.79 Å². The van der Waals surface area contributed by atoms with E-state index in [-0.39, 0.29) is 24.4 Å². The number of hydrogen-bond acceptors (Lipinski definition) is 5. The lowest BCUT2D eigenvalue weighted by Gasteiger charge is -2.24. The van der Waals surface area contributed by atoms with Gasteiger partial charge in [0.2, 0.25) is 0 Å². The summed E-state index contributed by atoms with van der Waals surface area (Å²) in [5.41, 5.74) is 2.24. The van der Waals surface area contributed by atoms with Gasteiger partial charge in [0, 0.05) is 31.2 Å². The van der Waals surface area contributed by atoms with Gasteiger partial charge in [0.1, 0.15) is 0 Å². The van der Waals surface area contributed by atoms with E-state index in [2.05, 4.69) is 20.7 Å². The van der Waals surface area contributed by atoms with Crippen LogP contribution in [0.5, 0.6) is 0 Å². The number of carbonyl (C=O) groups is 1. The van der Waals surface area contributed by atoms with Crippen molar-refractivity contribution in [1.29, 1.82) is 0 Å². The Morgan fingerprint density at radius 2 is 2.04 bits per heavy atom. The molecule has 2 aromatic heterocycles. The van der Waals surface area contributed by atoms with Crippen molar-refractivity contribution in [3.05, 3.63) is 71.1 Å². The van der Waals surface area contributed by atoms with Crippen LogP contribution in [0.1, 0.15) is 22.0 Å². The van der Waals surface area contributed by atoms with Crippen molar-refractivity contribution in [2.75, 3.05) is 25.0 Å². The summed E-state index contributed by atoms with van der Waals surface area (Å²) in [4.78, 5) is 16.6. The van der Waals surface area contributed by atoms with E-state index in [4.69, 9.17) is 16.3 Å². The number of ether oxygens (including phenoxy) is 1. The van der Waals surface area contributed by atoms with Gasteiger partial charge >= 0.3 is 0 Å². The van der Waals surface area contributed by atoms with Gasteiger partial charge in [0.15, 0.2) is 5.82 Å². The second-order valence-corrected chi connectivity index (χ2v) is 6.58. The highest BCUT2D eigenvalue weighted by Gasteiger charge is 2.16. The molecule has 4 rings (SSSR count). The normalized spacial score (nSPS) is 16.2. The van der Waals surface area contributed by atoms with Crippen molar-refractivity contribution < 1.29 is 9.53 Å². The summed E-state index contributed by atoms with van der Waals surface area (Å²) in [5.74, 6) is 0.349. The zero-order chi connectivity index (χ0) is 18.6. The molecule has 7 nitrogen and oxygen atoms in total. The van der Waals surface area contributed by atoms with E-state index in [1.165, 1.54) is 17.1 Å². The molecule has 0 saturated carbocycles. The van der Waals surface area contributed by atoms with Crippen molar-refractivity contribution in [3.63, 3.8) is 0 Å². The highest BCUT2D eigenvalue weighted by atomic mass is 35.5. The van der Waals surface area contributed by atoms with Crippen LogP contribution in [-0.4, -0.2) is 40.4 Å². The lowest BCUT2D eigenvalue weighted by atomic mass is 10.1. The van der Waals surface area contributed by atoms with Crippen LogP contribution in [-0.2, 0) is 4.74 Å². The fourth-order valence-corrected chi connectivity index (χ4v) is 2.94. The second kappa shape index (κ2) is 9.16. The Morgan fingerprint density at radius 1 is 1.21 bits per heavy atom. The SMILES string of the molecule is Cl.O=C(Nc1ccc([C@H]2CNCCO2)cc1)c1cnn(-c2ccc(Cl)cn2)c1. The number of rotatable bonds is 4. The molecule has 0 spiro atoms. The Kier molecular flexibility index (Phi) is 6.64. The molecule has 9 heteroatoms. The summed E-state index contributed by atoms with van der Waals surface area (Å²) < 4.78 is 7.26. The van der Waals surface area contributed by atoms with Gasteiger partial charge in [-0.1, -0.05) is 23.7 Å². The molecule has 3 heterocycles. The number of carbonyl (C=O) groups excluding carboxylic acids is 1. The van der Waals surface area contributed by atoms with Crippen molar-refractivity contribution >= 4 is 35.6 Å². The van der Waals surface area contributed by atoms with E-state index in [0.29, 0.717) is 28.7 Å². The van der Waals surface area contributed by atoms with E-state index < -0.39 is 0 Å². The Bertz CT molecular complexity index is 922. The van der Waals surface area contributed by atoms with Gasteiger partial charge in [-0.2, -0.15) is 5.10 Å². The molecule has 1 saturated heterocycles. The molecule has 0 aliphatic carbocycles. The first-order valence-corrected chi connectivity index (χ1v) is 8.97. The van der Waals surface area contributed by atoms with Crippen LogP contribution in [0, 0.1) is 0 Å². The molecule has 146 valence electrons. The summed E-state index contributed by atoms with van der Waals surface area (Å²) in [6, 6.07) is 11.1. The molecule has 2 N–H and O–H groups in total. The molecule has 1 fully saturated rings. The van der Waals surface area contributed by atoms with Crippen molar-refractivity contribution in [3.8, 4) is 5.82 Å². The summed E-state index contributed by atoms with van der Waals surface area (Å²) in [6.07, 6.45) is 4.71. The minimum Gasteiger partial charge on any atom is -0.371 e. The first-order valence-electron chi connectivity index (χ1n) is 8.59. The number of amides is 1. The molecule has 3 aromatic rings. The molecule has 0 radical (unpaired) electrons. The van der Waals surface area contributed by atoms with Crippen LogP contribution in [0.2, 0.25) is 5.02 Å². The summed E-state index contributed by atoms with van der Waals surface area (Å²) in [6.45, 7) is 2.38. The van der Waals surface area contributed by atoms with Crippen LogP contribution in [0.25, 0.3) is 5.82 Å². The van der Waals surface area contributed by atoms with Crippen LogP contribution in [0.3, 0.4) is 0 Å². The first kappa shape index (κ1) is 20.3. The molecule has 1 atom stereocenters. The number of hydrogen-bond donors (Lipinski definition) is 2. The number of anilines is 1. The smallest absolute Gasteiger partial charge is 0.258 e. The van der Waals surface area contributed by atoms with Crippen LogP contribution in [0.4, 0.5) is 5.69 Å². The predicted octanol–water partition coefficient (Wildman–Crippen LogP) is 3.26. The quantitative estimate of drug-likeness (QED) is 0.678. The highest BCUT2D eigenvalue weighted by Crippen LogP contribution is 2.21. The predicted molar refractivity (Wildman–Crippen MR) is 110 cm³/mol. The molecule has 0 bridgehead atoms. The number of nitrogens with one attached hydrogen (secondary N) is 2. The minimum atomic E-state index is -0.237. The third-order valence-corrected chi connectivity index (χ3v) is 4.48. The zero-order valence-corrected chi connectivity index (χ0v) is 16.4. The standard InChI is InChI=1S/C19H18ClN5O2.ClH/c20-15-3-6-18(22-10-15)25-12-14(9-23-25)19(26)24-16-4-1-13(2-5-16)17-11-21-7-8-27-17;/h1-6,9-10,12,17,21H,7-8,11H2,(H,24,26);1H/t17-;/m1./s1. The van der Waals surface area contributed by atoms with E-state index in [1.54, 1.807) is 18.3 Å². The van der Waals surface area contributed by atoms with Gasteiger partial charge in [0.25, 0.3) is 5.91 Å². The van der Waals surface area contributed by atoms with E-state index in [0.717, 1.165) is 18.7 Å². The lowest BCUT2D eigenvalue weighted by Crippen LogP contribution is -2.33.